The maximum Gasteiger partial charge on any atom is 0.408 e. The minimum Gasteiger partial charge on any atom is -0.465 e. The molecule has 9 heteroatoms. The highest BCUT2D eigenvalue weighted by molar-refractivity contribution is 5.66. The number of allylic oxidation sites excluding steroid dienone is 1. The zero-order chi connectivity index (χ0) is 28.1. The Kier molecular flexibility index (Phi) is 7.92. The number of nitrogens with zero attached hydrogens (tertiary/aromatic N) is 4. The molecule has 1 aromatic heterocycles. The third-order valence-electron chi connectivity index (χ3n) is 9.86. The smallest absolute Gasteiger partial charge is 0.408 e. The van der Waals surface area contributed by atoms with Crippen LogP contribution in [0.25, 0.3) is 0 Å². The van der Waals surface area contributed by atoms with Gasteiger partial charge in [0.15, 0.2) is 0 Å². The second-order valence-corrected chi connectivity index (χ2v) is 13.0. The molecule has 0 bridgehead atoms. The second kappa shape index (κ2) is 10.8. The van der Waals surface area contributed by atoms with E-state index in [4.69, 9.17) is 19.2 Å². The van der Waals surface area contributed by atoms with Crippen molar-refractivity contribution in [2.24, 2.45) is 11.8 Å². The molecule has 3 saturated heterocycles. The molecule has 1 spiro atoms. The number of amides is 1. The molecule has 1 amide bonds. The summed E-state index contributed by atoms with van der Waals surface area (Å²) in [6.07, 6.45) is 9.52. The van der Waals surface area contributed by atoms with E-state index >= 15 is 0 Å². The van der Waals surface area contributed by atoms with E-state index in [2.05, 4.69) is 57.2 Å². The lowest BCUT2D eigenvalue weighted by atomic mass is 9.67. The van der Waals surface area contributed by atoms with E-state index in [0.717, 1.165) is 38.2 Å². The average molecular weight is 545 g/mol. The van der Waals surface area contributed by atoms with E-state index in [1.165, 1.54) is 12.0 Å². The molecule has 0 radical (unpaired) electrons. The summed E-state index contributed by atoms with van der Waals surface area (Å²) in [5.74, 6) is 0.800. The highest BCUT2D eigenvalue weighted by atomic mass is 16.6. The topological polar surface area (TPSA) is 95.9 Å². The first-order valence-corrected chi connectivity index (χ1v) is 14.7. The summed E-state index contributed by atoms with van der Waals surface area (Å²) in [5, 5.41) is 10.8. The van der Waals surface area contributed by atoms with E-state index in [1.807, 2.05) is 12.4 Å². The van der Waals surface area contributed by atoms with Gasteiger partial charge in [-0.15, -0.1) is 0 Å². The number of ether oxygens (including phenoxy) is 3. The summed E-state index contributed by atoms with van der Waals surface area (Å²) in [6, 6.07) is -0.286. The number of hydrogen-bond acceptors (Lipinski definition) is 6. The molecule has 1 N–H and O–H groups in total. The number of epoxide rings is 2. The highest BCUT2D eigenvalue weighted by Gasteiger charge is 2.72. The minimum absolute atomic E-state index is 0.0331. The Morgan fingerprint density at radius 1 is 1.36 bits per heavy atom. The van der Waals surface area contributed by atoms with Crippen LogP contribution in [0.15, 0.2) is 24.0 Å². The summed E-state index contributed by atoms with van der Waals surface area (Å²) < 4.78 is 20.9. The first-order chi connectivity index (χ1) is 18.5. The summed E-state index contributed by atoms with van der Waals surface area (Å²) in [5.41, 5.74) is 0.561. The molecular formula is C30H48N4O5. The molecule has 8 atom stereocenters. The van der Waals surface area contributed by atoms with E-state index in [-0.39, 0.29) is 35.7 Å². The van der Waals surface area contributed by atoms with Gasteiger partial charge in [-0.25, -0.2) is 9.78 Å². The van der Waals surface area contributed by atoms with Crippen molar-refractivity contribution in [1.82, 2.24) is 19.4 Å². The Morgan fingerprint density at radius 2 is 2.10 bits per heavy atom. The predicted molar refractivity (Wildman–Crippen MR) is 149 cm³/mol. The molecule has 4 fully saturated rings. The Labute approximate surface area is 233 Å². The molecule has 1 saturated carbocycles. The van der Waals surface area contributed by atoms with Crippen molar-refractivity contribution in [3.8, 4) is 0 Å². The van der Waals surface area contributed by atoms with Crippen LogP contribution in [0.2, 0.25) is 0 Å². The Bertz CT molecular complexity index is 1060. The van der Waals surface area contributed by atoms with Gasteiger partial charge in [0.1, 0.15) is 11.4 Å². The van der Waals surface area contributed by atoms with Gasteiger partial charge in [0, 0.05) is 38.0 Å². The Morgan fingerprint density at radius 3 is 2.67 bits per heavy atom. The average Bonchev–Trinajstić information content (AvgIpc) is 3.66. The number of methoxy groups -OCH3 is 1. The first kappa shape index (κ1) is 28.6. The molecule has 4 heterocycles. The summed E-state index contributed by atoms with van der Waals surface area (Å²) in [7, 11) is 3.88. The quantitative estimate of drug-likeness (QED) is 0.336. The number of imidazole rings is 1. The van der Waals surface area contributed by atoms with E-state index in [1.54, 1.807) is 12.0 Å². The third kappa shape index (κ3) is 5.27. The zero-order valence-corrected chi connectivity index (χ0v) is 24.8. The normalized spacial score (nSPS) is 36.8. The molecule has 39 heavy (non-hydrogen) atoms. The van der Waals surface area contributed by atoms with Crippen LogP contribution in [0, 0.1) is 11.8 Å². The molecule has 3 aliphatic heterocycles. The summed E-state index contributed by atoms with van der Waals surface area (Å²) >= 11 is 0. The van der Waals surface area contributed by atoms with Gasteiger partial charge in [-0.1, -0.05) is 25.5 Å². The van der Waals surface area contributed by atoms with Crippen molar-refractivity contribution in [3.63, 3.8) is 0 Å². The van der Waals surface area contributed by atoms with Crippen molar-refractivity contribution in [2.75, 3.05) is 27.3 Å². The van der Waals surface area contributed by atoms with Gasteiger partial charge in [0.25, 0.3) is 0 Å². The van der Waals surface area contributed by atoms with Crippen molar-refractivity contribution in [3.05, 3.63) is 29.9 Å². The summed E-state index contributed by atoms with van der Waals surface area (Å²) in [6.45, 7) is 13.1. The predicted octanol–water partition coefficient (Wildman–Crippen LogP) is 4.73. The van der Waals surface area contributed by atoms with Crippen molar-refractivity contribution in [2.45, 2.75) is 115 Å². The van der Waals surface area contributed by atoms with Gasteiger partial charge >= 0.3 is 6.09 Å². The number of carboxylic acid groups (broad SMARTS) is 1. The Hall–Kier alpha value is -1.94. The fourth-order valence-corrected chi connectivity index (χ4v) is 7.65. The maximum atomic E-state index is 13.2. The molecule has 5 rings (SSSR count). The van der Waals surface area contributed by atoms with Crippen LogP contribution in [0.3, 0.4) is 0 Å². The van der Waals surface area contributed by atoms with E-state index < -0.39 is 17.7 Å². The number of hydrogen-bond donors (Lipinski definition) is 1. The molecule has 4 aliphatic rings. The standard InChI is InChI=1S/C30H48N4O5/c1-19(2)10-11-23-29(5,39-23)26-25(37-7)22(12-13-30(26)18-38-30)34(28(35)36)24(20(3)4)27-31-14-16-33(27)17-21-9-8-15-32(21)6/h10,14,16,20-26H,8-9,11-13,15,17-18H2,1-7H3,(H,35,36)/t21-,22+,23+,24-,25+,26+,29-,30-/m0/s1. The van der Waals surface area contributed by atoms with Gasteiger partial charge in [-0.2, -0.15) is 0 Å². The van der Waals surface area contributed by atoms with Crippen LogP contribution >= 0.6 is 0 Å². The third-order valence-corrected chi connectivity index (χ3v) is 9.86. The molecule has 218 valence electrons. The fraction of sp³-hybridized carbons (Fsp3) is 0.800. The largest absolute Gasteiger partial charge is 0.465 e. The van der Waals surface area contributed by atoms with Crippen molar-refractivity contribution in [1.29, 1.82) is 0 Å². The molecule has 1 aliphatic carbocycles. The number of likely N-dealkylation sites (N-methyl/N-ethyl adjacent to an activating group) is 1. The van der Waals surface area contributed by atoms with E-state index in [9.17, 15) is 9.90 Å². The molecule has 1 aromatic rings. The van der Waals surface area contributed by atoms with Crippen LogP contribution in [-0.4, -0.2) is 93.4 Å². The number of rotatable bonds is 10. The van der Waals surface area contributed by atoms with Crippen LogP contribution < -0.4 is 0 Å². The van der Waals surface area contributed by atoms with Gasteiger partial charge in [0.05, 0.1) is 36.5 Å². The molecule has 0 aromatic carbocycles. The van der Waals surface area contributed by atoms with Gasteiger partial charge in [-0.3, -0.25) is 4.90 Å². The number of carbonyl (C=O) groups is 1. The van der Waals surface area contributed by atoms with Crippen LogP contribution in [0.4, 0.5) is 4.79 Å². The molecule has 9 nitrogen and oxygen atoms in total. The van der Waals surface area contributed by atoms with Crippen LogP contribution in [0.5, 0.6) is 0 Å². The summed E-state index contributed by atoms with van der Waals surface area (Å²) in [4.78, 5) is 22.0. The lowest BCUT2D eigenvalue weighted by Crippen LogP contribution is -2.61. The van der Waals surface area contributed by atoms with Gasteiger partial charge < -0.3 is 28.8 Å². The highest BCUT2D eigenvalue weighted by Crippen LogP contribution is 2.60. The molecular weight excluding hydrogens is 496 g/mol. The number of aromatic nitrogens is 2. The van der Waals surface area contributed by atoms with Gasteiger partial charge in [0.2, 0.25) is 0 Å². The van der Waals surface area contributed by atoms with E-state index in [0.29, 0.717) is 19.1 Å². The lowest BCUT2D eigenvalue weighted by molar-refractivity contribution is -0.103. The maximum absolute atomic E-state index is 13.2. The minimum atomic E-state index is -0.928. The van der Waals surface area contributed by atoms with Crippen LogP contribution in [0.1, 0.15) is 78.6 Å². The fourth-order valence-electron chi connectivity index (χ4n) is 7.65. The van der Waals surface area contributed by atoms with Crippen molar-refractivity contribution >= 4 is 6.09 Å². The first-order valence-electron chi connectivity index (χ1n) is 14.7. The second-order valence-electron chi connectivity index (χ2n) is 13.0. The molecule has 0 unspecified atom stereocenters. The lowest BCUT2D eigenvalue weighted by Gasteiger charge is -2.49. The van der Waals surface area contributed by atoms with Gasteiger partial charge in [-0.05, 0) is 72.4 Å². The monoisotopic (exact) mass is 544 g/mol. The number of likely N-dealkylation sites (tertiary alicyclic amines) is 1. The zero-order valence-electron chi connectivity index (χ0n) is 24.8. The SMILES string of the molecule is CO[C@@H]1[C@H](N(C(=O)O)[C@H](c2nccn2C[C@@H]2CCCN2C)C(C)C)CC[C@]2(CO2)[C@H]1[C@@]1(C)O[C@@H]1CC=C(C)C. The Balaban J connectivity index is 1.46. The van der Waals surface area contributed by atoms with Crippen LogP contribution in [-0.2, 0) is 20.8 Å². The van der Waals surface area contributed by atoms with Crippen molar-refractivity contribution < 1.29 is 24.1 Å².